The molecule has 3 rings (SSSR count). The van der Waals surface area contributed by atoms with Crippen molar-refractivity contribution in [3.05, 3.63) is 47.3 Å². The van der Waals surface area contributed by atoms with Crippen LogP contribution >= 0.6 is 0 Å². The zero-order chi connectivity index (χ0) is 23.0. The number of alkyl halides is 3. The van der Waals surface area contributed by atoms with Gasteiger partial charge in [0, 0.05) is 5.92 Å². The molecule has 176 valence electrons. The summed E-state index contributed by atoms with van der Waals surface area (Å²) in [6.45, 7) is 2.26. The van der Waals surface area contributed by atoms with E-state index in [1.54, 1.807) is 0 Å². The molecule has 2 aliphatic carbocycles. The van der Waals surface area contributed by atoms with E-state index in [0.29, 0.717) is 17.4 Å². The van der Waals surface area contributed by atoms with Gasteiger partial charge in [-0.3, -0.25) is 0 Å². The van der Waals surface area contributed by atoms with Crippen molar-refractivity contribution in [3.8, 4) is 11.8 Å². The molecule has 2 saturated carbocycles. The molecule has 0 amide bonds. The van der Waals surface area contributed by atoms with Crippen molar-refractivity contribution < 1.29 is 17.6 Å². The topological polar surface area (TPSA) is 0 Å². The van der Waals surface area contributed by atoms with E-state index in [0.717, 1.165) is 43.7 Å². The fourth-order valence-electron chi connectivity index (χ4n) is 5.29. The number of benzene rings is 1. The third-order valence-corrected chi connectivity index (χ3v) is 7.34. The van der Waals surface area contributed by atoms with Gasteiger partial charge in [-0.05, 0) is 92.9 Å². The third kappa shape index (κ3) is 7.39. The van der Waals surface area contributed by atoms with Gasteiger partial charge in [0.15, 0.2) is 0 Å². The first-order chi connectivity index (χ1) is 15.4. The van der Waals surface area contributed by atoms with Crippen LogP contribution in [0.15, 0.2) is 30.4 Å². The lowest BCUT2D eigenvalue weighted by Gasteiger charge is -2.26. The molecule has 0 saturated heterocycles. The summed E-state index contributed by atoms with van der Waals surface area (Å²) >= 11 is 0. The summed E-state index contributed by atoms with van der Waals surface area (Å²) in [7, 11) is 0. The van der Waals surface area contributed by atoms with Crippen LogP contribution in [-0.4, -0.2) is 0 Å². The summed E-state index contributed by atoms with van der Waals surface area (Å²) in [4.78, 5) is 0. The van der Waals surface area contributed by atoms with Gasteiger partial charge >= 0.3 is 6.18 Å². The van der Waals surface area contributed by atoms with Crippen LogP contribution in [-0.2, 0) is 6.18 Å². The van der Waals surface area contributed by atoms with Crippen molar-refractivity contribution in [1.29, 1.82) is 0 Å². The van der Waals surface area contributed by atoms with Gasteiger partial charge in [-0.15, -0.1) is 0 Å². The van der Waals surface area contributed by atoms with E-state index in [4.69, 9.17) is 0 Å². The van der Waals surface area contributed by atoms with E-state index >= 15 is 0 Å². The van der Waals surface area contributed by atoms with Crippen LogP contribution < -0.4 is 0 Å². The Balaban J connectivity index is 1.40. The molecule has 2 fully saturated rings. The van der Waals surface area contributed by atoms with Crippen LogP contribution in [0.4, 0.5) is 17.6 Å². The summed E-state index contributed by atoms with van der Waals surface area (Å²) in [5.41, 5.74) is -0.510. The molecule has 0 spiro atoms. The molecule has 0 radical (unpaired) electrons. The van der Waals surface area contributed by atoms with Crippen molar-refractivity contribution in [2.45, 2.75) is 96.1 Å². The lowest BCUT2D eigenvalue weighted by molar-refractivity contribution is -0.140. The Morgan fingerprint density at radius 2 is 1.69 bits per heavy atom. The number of hydrogen-bond acceptors (Lipinski definition) is 0. The Morgan fingerprint density at radius 1 is 0.969 bits per heavy atom. The second kappa shape index (κ2) is 11.9. The molecule has 0 aliphatic heterocycles. The Morgan fingerprint density at radius 3 is 2.31 bits per heavy atom. The summed E-state index contributed by atoms with van der Waals surface area (Å²) in [6, 6.07) is 3.38. The summed E-state index contributed by atoms with van der Waals surface area (Å²) in [6.07, 6.45) is 13.9. The molecule has 0 heterocycles. The van der Waals surface area contributed by atoms with Gasteiger partial charge in [0.05, 0.1) is 5.56 Å². The van der Waals surface area contributed by atoms with Gasteiger partial charge in [-0.25, -0.2) is 4.39 Å². The largest absolute Gasteiger partial charge is 0.419 e. The standard InChI is InChI=1S/C28H36F4/c1-2-3-4-7-21-10-12-22(13-11-21)8-5-6-9-23-14-16-24(17-15-23)25-18-19-26(27(29)20-25)28(30,31)32/h5,8,18-24H,2-4,7,10-17H2,1H3/t21-,22-,23-,24-. The van der Waals surface area contributed by atoms with Crippen molar-refractivity contribution in [3.63, 3.8) is 0 Å². The highest BCUT2D eigenvalue weighted by Gasteiger charge is 2.34. The van der Waals surface area contributed by atoms with Crippen molar-refractivity contribution in [2.75, 3.05) is 0 Å². The summed E-state index contributed by atoms with van der Waals surface area (Å²) < 4.78 is 52.1. The molecular weight excluding hydrogens is 412 g/mol. The van der Waals surface area contributed by atoms with Crippen LogP contribution in [0.5, 0.6) is 0 Å². The van der Waals surface area contributed by atoms with E-state index in [-0.39, 0.29) is 5.92 Å². The molecule has 4 heteroatoms. The fourth-order valence-corrected chi connectivity index (χ4v) is 5.29. The number of rotatable bonds is 6. The zero-order valence-corrected chi connectivity index (χ0v) is 19.2. The van der Waals surface area contributed by atoms with Crippen molar-refractivity contribution >= 4 is 0 Å². The SMILES string of the molecule is CCCCC[C@H]1CC[C@H](C=CC#C[C@H]2CC[C@H](c3ccc(C(F)(F)F)c(F)c3)CC2)CC1. The minimum atomic E-state index is -4.64. The Bertz CT molecular complexity index is 795. The van der Waals surface area contributed by atoms with Crippen LogP contribution in [0, 0.1) is 35.4 Å². The predicted octanol–water partition coefficient (Wildman–Crippen LogP) is 9.06. The predicted molar refractivity (Wildman–Crippen MR) is 123 cm³/mol. The normalized spacial score (nSPS) is 26.7. The highest BCUT2D eigenvalue weighted by molar-refractivity contribution is 5.29. The maximum Gasteiger partial charge on any atom is 0.419 e. The van der Waals surface area contributed by atoms with Gasteiger partial charge in [0.1, 0.15) is 5.82 Å². The lowest BCUT2D eigenvalue weighted by Crippen LogP contribution is -2.14. The molecule has 0 N–H and O–H groups in total. The second-order valence-electron chi connectivity index (χ2n) is 9.71. The molecule has 0 unspecified atom stereocenters. The van der Waals surface area contributed by atoms with E-state index in [9.17, 15) is 17.6 Å². The molecule has 1 aromatic carbocycles. The zero-order valence-electron chi connectivity index (χ0n) is 19.2. The second-order valence-corrected chi connectivity index (χ2v) is 9.71. The van der Waals surface area contributed by atoms with Gasteiger partial charge in [0.2, 0.25) is 0 Å². The fraction of sp³-hybridized carbons (Fsp3) is 0.643. The number of unbranched alkanes of at least 4 members (excludes halogenated alkanes) is 2. The van der Waals surface area contributed by atoms with Crippen LogP contribution in [0.25, 0.3) is 0 Å². The average molecular weight is 449 g/mol. The molecule has 0 bridgehead atoms. The number of hydrogen-bond donors (Lipinski definition) is 0. The van der Waals surface area contributed by atoms with E-state index < -0.39 is 17.6 Å². The van der Waals surface area contributed by atoms with Crippen molar-refractivity contribution in [2.24, 2.45) is 17.8 Å². The number of halogens is 4. The average Bonchev–Trinajstić information content (AvgIpc) is 2.77. The minimum absolute atomic E-state index is 0.118. The van der Waals surface area contributed by atoms with Gasteiger partial charge in [-0.1, -0.05) is 56.6 Å². The Hall–Kier alpha value is -1.76. The maximum absolute atomic E-state index is 13.9. The van der Waals surface area contributed by atoms with E-state index in [2.05, 4.69) is 24.8 Å². The van der Waals surface area contributed by atoms with Gasteiger partial charge < -0.3 is 0 Å². The van der Waals surface area contributed by atoms with Crippen LogP contribution in [0.2, 0.25) is 0 Å². The van der Waals surface area contributed by atoms with Gasteiger partial charge in [-0.2, -0.15) is 13.2 Å². The quantitative estimate of drug-likeness (QED) is 0.231. The highest BCUT2D eigenvalue weighted by Crippen LogP contribution is 2.38. The smallest absolute Gasteiger partial charge is 0.206 e. The summed E-state index contributed by atoms with van der Waals surface area (Å²) in [5.74, 6) is 7.44. The minimum Gasteiger partial charge on any atom is -0.206 e. The first-order valence-electron chi connectivity index (χ1n) is 12.4. The third-order valence-electron chi connectivity index (χ3n) is 7.34. The Labute approximate surface area is 190 Å². The Kier molecular flexibility index (Phi) is 9.26. The molecular formula is C28H36F4. The first-order valence-corrected chi connectivity index (χ1v) is 12.4. The molecule has 32 heavy (non-hydrogen) atoms. The number of allylic oxidation sites excluding steroid dienone is 2. The van der Waals surface area contributed by atoms with Crippen LogP contribution in [0.1, 0.15) is 101 Å². The first kappa shape index (κ1) is 24.9. The van der Waals surface area contributed by atoms with Gasteiger partial charge in [0.25, 0.3) is 0 Å². The monoisotopic (exact) mass is 448 g/mol. The molecule has 1 aromatic rings. The molecule has 0 aromatic heterocycles. The van der Waals surface area contributed by atoms with Crippen LogP contribution in [0.3, 0.4) is 0 Å². The molecule has 0 nitrogen and oxygen atoms in total. The maximum atomic E-state index is 13.9. The lowest BCUT2D eigenvalue weighted by atomic mass is 9.78. The molecule has 0 atom stereocenters. The van der Waals surface area contributed by atoms with E-state index in [1.165, 1.54) is 57.4 Å². The van der Waals surface area contributed by atoms with E-state index in [1.807, 2.05) is 6.08 Å². The highest BCUT2D eigenvalue weighted by atomic mass is 19.4. The summed E-state index contributed by atoms with van der Waals surface area (Å²) in [5, 5.41) is 0. The molecule has 2 aliphatic rings. The van der Waals surface area contributed by atoms with Crippen molar-refractivity contribution in [1.82, 2.24) is 0 Å².